The lowest BCUT2D eigenvalue weighted by Crippen LogP contribution is -2.09. The quantitative estimate of drug-likeness (QED) is 0.876. The Balaban J connectivity index is 2.32. The Labute approximate surface area is 111 Å². The molecule has 1 aromatic carbocycles. The lowest BCUT2D eigenvalue weighted by atomic mass is 10.0. The van der Waals surface area contributed by atoms with Gasteiger partial charge in [0.2, 0.25) is 0 Å². The number of aliphatic carboxylic acids is 1. The number of carbonyl (C=O) groups is 1. The molecule has 19 heavy (non-hydrogen) atoms. The maximum Gasteiger partial charge on any atom is 0.307 e. The fourth-order valence-electron chi connectivity index (χ4n) is 2.07. The van der Waals surface area contributed by atoms with E-state index in [0.29, 0.717) is 12.2 Å². The molecule has 5 heteroatoms. The van der Waals surface area contributed by atoms with Crippen molar-refractivity contribution in [3.8, 4) is 0 Å². The lowest BCUT2D eigenvalue weighted by molar-refractivity contribution is -0.136. The molecule has 0 unspecified atom stereocenters. The number of nitrogens with zero attached hydrogens (tertiary/aromatic N) is 2. The molecule has 5 nitrogen and oxygen atoms in total. The predicted molar refractivity (Wildman–Crippen MR) is 73.0 cm³/mol. The van der Waals surface area contributed by atoms with Gasteiger partial charge in [0.1, 0.15) is 0 Å². The van der Waals surface area contributed by atoms with E-state index in [1.807, 2.05) is 42.8 Å². The molecule has 0 saturated carbocycles. The van der Waals surface area contributed by atoms with Gasteiger partial charge in [-0.15, -0.1) is 0 Å². The Morgan fingerprint density at radius 2 is 1.95 bits per heavy atom. The molecule has 2 rings (SSSR count). The second-order valence-electron chi connectivity index (χ2n) is 4.58. The molecule has 100 valence electrons. The first-order chi connectivity index (χ1) is 8.99. The Hall–Kier alpha value is -2.30. The minimum absolute atomic E-state index is 0.0188. The molecule has 0 atom stereocenters. The van der Waals surface area contributed by atoms with Gasteiger partial charge >= 0.3 is 5.97 Å². The summed E-state index contributed by atoms with van der Waals surface area (Å²) in [6, 6.07) is 7.50. The maximum atomic E-state index is 10.9. The molecule has 0 bridgehead atoms. The van der Waals surface area contributed by atoms with E-state index in [1.54, 1.807) is 0 Å². The van der Waals surface area contributed by atoms with Crippen molar-refractivity contribution in [2.45, 2.75) is 26.8 Å². The summed E-state index contributed by atoms with van der Waals surface area (Å²) in [6.07, 6.45) is 0.0188. The smallest absolute Gasteiger partial charge is 0.307 e. The highest BCUT2D eigenvalue weighted by Crippen LogP contribution is 2.18. The van der Waals surface area contributed by atoms with Crippen LogP contribution in [0.15, 0.2) is 24.3 Å². The summed E-state index contributed by atoms with van der Waals surface area (Å²) in [7, 11) is 0. The standard InChI is InChI=1S/C14H17N3O2/c1-9-14(15)10(2)17(16-9)8-12-6-4-3-5-11(12)7-13(18)19/h3-6H,7-8,15H2,1-2H3,(H,18,19). The normalized spacial score (nSPS) is 10.6. The highest BCUT2D eigenvalue weighted by molar-refractivity contribution is 5.70. The SMILES string of the molecule is Cc1nn(Cc2ccccc2CC(=O)O)c(C)c1N. The third kappa shape index (κ3) is 2.76. The van der Waals surface area contributed by atoms with Crippen molar-refractivity contribution in [3.63, 3.8) is 0 Å². The van der Waals surface area contributed by atoms with Gasteiger partial charge in [-0.2, -0.15) is 5.10 Å². The van der Waals surface area contributed by atoms with Gasteiger partial charge in [-0.05, 0) is 25.0 Å². The van der Waals surface area contributed by atoms with Crippen LogP contribution in [0.3, 0.4) is 0 Å². The first-order valence-corrected chi connectivity index (χ1v) is 6.07. The minimum Gasteiger partial charge on any atom is -0.481 e. The molecule has 0 aliphatic rings. The van der Waals surface area contributed by atoms with Gasteiger partial charge < -0.3 is 10.8 Å². The summed E-state index contributed by atoms with van der Waals surface area (Å²) in [4.78, 5) is 10.9. The summed E-state index contributed by atoms with van der Waals surface area (Å²) in [6.45, 7) is 4.31. The van der Waals surface area contributed by atoms with Crippen molar-refractivity contribution >= 4 is 11.7 Å². The summed E-state index contributed by atoms with van der Waals surface area (Å²) < 4.78 is 1.81. The van der Waals surface area contributed by atoms with Crippen LogP contribution in [-0.2, 0) is 17.8 Å². The molecule has 2 aromatic rings. The van der Waals surface area contributed by atoms with Crippen LogP contribution in [0.1, 0.15) is 22.5 Å². The highest BCUT2D eigenvalue weighted by atomic mass is 16.4. The first kappa shape index (κ1) is 13.1. The average Bonchev–Trinajstić information content (AvgIpc) is 2.59. The lowest BCUT2D eigenvalue weighted by Gasteiger charge is -2.09. The maximum absolute atomic E-state index is 10.9. The van der Waals surface area contributed by atoms with E-state index < -0.39 is 5.97 Å². The van der Waals surface area contributed by atoms with Crippen LogP contribution in [0, 0.1) is 13.8 Å². The van der Waals surface area contributed by atoms with Gasteiger partial charge in [0.15, 0.2) is 0 Å². The fraction of sp³-hybridized carbons (Fsp3) is 0.286. The van der Waals surface area contributed by atoms with E-state index in [4.69, 9.17) is 10.8 Å². The zero-order valence-electron chi connectivity index (χ0n) is 11.1. The number of carboxylic acid groups (broad SMARTS) is 1. The van der Waals surface area contributed by atoms with Gasteiger partial charge in [-0.3, -0.25) is 9.48 Å². The molecule has 1 heterocycles. The molecule has 0 spiro atoms. The summed E-state index contributed by atoms with van der Waals surface area (Å²) in [5, 5.41) is 13.3. The zero-order chi connectivity index (χ0) is 14.0. The van der Waals surface area contributed by atoms with Crippen molar-refractivity contribution in [1.29, 1.82) is 0 Å². The Morgan fingerprint density at radius 3 is 2.47 bits per heavy atom. The summed E-state index contributed by atoms with van der Waals surface area (Å²) in [5.74, 6) is -0.833. The molecule has 0 fully saturated rings. The van der Waals surface area contributed by atoms with Crippen molar-refractivity contribution in [2.24, 2.45) is 0 Å². The second-order valence-corrected chi connectivity index (χ2v) is 4.58. The largest absolute Gasteiger partial charge is 0.481 e. The average molecular weight is 259 g/mol. The van der Waals surface area contributed by atoms with Gasteiger partial charge in [-0.1, -0.05) is 24.3 Å². The van der Waals surface area contributed by atoms with E-state index in [-0.39, 0.29) is 6.42 Å². The van der Waals surface area contributed by atoms with Gasteiger partial charge in [0.25, 0.3) is 0 Å². The van der Waals surface area contributed by atoms with Crippen LogP contribution in [0.25, 0.3) is 0 Å². The van der Waals surface area contributed by atoms with Crippen molar-refractivity contribution in [3.05, 3.63) is 46.8 Å². The minimum atomic E-state index is -0.833. The van der Waals surface area contributed by atoms with Crippen LogP contribution in [0.5, 0.6) is 0 Å². The number of nitrogens with two attached hydrogens (primary N) is 1. The number of rotatable bonds is 4. The topological polar surface area (TPSA) is 81.1 Å². The molecule has 3 N–H and O–H groups in total. The van der Waals surface area contributed by atoms with Crippen LogP contribution >= 0.6 is 0 Å². The Bertz CT molecular complexity index is 617. The van der Waals surface area contributed by atoms with E-state index in [2.05, 4.69) is 5.10 Å². The monoisotopic (exact) mass is 259 g/mol. The van der Waals surface area contributed by atoms with E-state index in [1.165, 1.54) is 0 Å². The molecule has 1 aromatic heterocycles. The van der Waals surface area contributed by atoms with Gasteiger partial charge in [0, 0.05) is 0 Å². The zero-order valence-corrected chi connectivity index (χ0v) is 11.1. The molecule has 0 aliphatic carbocycles. The number of nitrogen functional groups attached to an aromatic ring is 1. The summed E-state index contributed by atoms with van der Waals surface area (Å²) >= 11 is 0. The number of hydrogen-bond acceptors (Lipinski definition) is 3. The number of anilines is 1. The second kappa shape index (κ2) is 5.14. The number of aryl methyl sites for hydroxylation is 1. The fourth-order valence-corrected chi connectivity index (χ4v) is 2.07. The van der Waals surface area contributed by atoms with Crippen molar-refractivity contribution in [1.82, 2.24) is 9.78 Å². The van der Waals surface area contributed by atoms with E-state index in [9.17, 15) is 4.79 Å². The third-order valence-electron chi connectivity index (χ3n) is 3.22. The van der Waals surface area contributed by atoms with Crippen LogP contribution in [0.2, 0.25) is 0 Å². The van der Waals surface area contributed by atoms with E-state index >= 15 is 0 Å². The molecule has 0 saturated heterocycles. The number of benzene rings is 1. The Morgan fingerprint density at radius 1 is 1.32 bits per heavy atom. The molecule has 0 amide bonds. The van der Waals surface area contributed by atoms with Crippen molar-refractivity contribution < 1.29 is 9.90 Å². The number of hydrogen-bond donors (Lipinski definition) is 2. The Kier molecular flexibility index (Phi) is 3.55. The molecule has 0 aliphatic heterocycles. The van der Waals surface area contributed by atoms with Crippen LogP contribution in [0.4, 0.5) is 5.69 Å². The number of carboxylic acids is 1. The molecular formula is C14H17N3O2. The highest BCUT2D eigenvalue weighted by Gasteiger charge is 2.11. The van der Waals surface area contributed by atoms with Crippen LogP contribution < -0.4 is 5.73 Å². The van der Waals surface area contributed by atoms with E-state index in [0.717, 1.165) is 22.5 Å². The van der Waals surface area contributed by atoms with Gasteiger partial charge in [-0.25, -0.2) is 0 Å². The van der Waals surface area contributed by atoms with Crippen LogP contribution in [-0.4, -0.2) is 20.9 Å². The number of aromatic nitrogens is 2. The molecular weight excluding hydrogens is 242 g/mol. The third-order valence-corrected chi connectivity index (χ3v) is 3.22. The predicted octanol–water partition coefficient (Wildman–Crippen LogP) is 1.76. The van der Waals surface area contributed by atoms with Crippen molar-refractivity contribution in [2.75, 3.05) is 5.73 Å². The first-order valence-electron chi connectivity index (χ1n) is 6.07. The summed E-state index contributed by atoms with van der Waals surface area (Å²) in [5.41, 5.74) is 10.1. The van der Waals surface area contributed by atoms with Gasteiger partial charge in [0.05, 0.1) is 30.0 Å². The molecule has 0 radical (unpaired) electrons.